The predicted molar refractivity (Wildman–Crippen MR) is 142 cm³/mol. The normalized spacial score (nSPS) is 14.7. The quantitative estimate of drug-likeness (QED) is 0.0964. The molecule has 0 aliphatic heterocycles. The predicted octanol–water partition coefficient (Wildman–Crippen LogP) is -1.27. The molecular formula is C24H39N5O9S. The first kappa shape index (κ1) is 33.8. The smallest absolute Gasteiger partial charge is 0.326 e. The van der Waals surface area contributed by atoms with Gasteiger partial charge in [0.2, 0.25) is 21.8 Å². The summed E-state index contributed by atoms with van der Waals surface area (Å²) in [7, 11) is -3.73. The van der Waals surface area contributed by atoms with E-state index in [0.717, 1.165) is 6.26 Å². The molecule has 14 nitrogen and oxygen atoms in total. The first-order valence-electron chi connectivity index (χ1n) is 12.4. The Morgan fingerprint density at radius 3 is 2.00 bits per heavy atom. The van der Waals surface area contributed by atoms with Gasteiger partial charge in [0.25, 0.3) is 0 Å². The topological polar surface area (TPSA) is 237 Å². The van der Waals surface area contributed by atoms with E-state index in [4.69, 9.17) is 5.73 Å². The van der Waals surface area contributed by atoms with Crippen LogP contribution in [0.4, 0.5) is 0 Å². The van der Waals surface area contributed by atoms with Crippen LogP contribution in [0, 0.1) is 5.92 Å². The average molecular weight is 574 g/mol. The number of benzene rings is 1. The zero-order valence-corrected chi connectivity index (χ0v) is 23.0. The molecule has 0 aliphatic carbocycles. The second-order valence-electron chi connectivity index (χ2n) is 9.52. The van der Waals surface area contributed by atoms with Gasteiger partial charge in [-0.3, -0.25) is 19.7 Å². The van der Waals surface area contributed by atoms with Crippen LogP contribution in [0.5, 0.6) is 5.75 Å². The number of carboxylic acid groups (broad SMARTS) is 2. The molecule has 1 aromatic rings. The molecule has 39 heavy (non-hydrogen) atoms. The molecule has 1 rings (SSSR count). The summed E-state index contributed by atoms with van der Waals surface area (Å²) < 4.78 is 25.6. The van der Waals surface area contributed by atoms with Crippen molar-refractivity contribution < 1.29 is 42.9 Å². The van der Waals surface area contributed by atoms with E-state index in [0.29, 0.717) is 24.9 Å². The Labute approximate surface area is 227 Å². The van der Waals surface area contributed by atoms with Crippen molar-refractivity contribution >= 4 is 33.8 Å². The van der Waals surface area contributed by atoms with Gasteiger partial charge in [-0.05, 0) is 43.0 Å². The Morgan fingerprint density at radius 2 is 1.51 bits per heavy atom. The van der Waals surface area contributed by atoms with Gasteiger partial charge in [0.1, 0.15) is 23.9 Å². The molecule has 0 aliphatic rings. The van der Waals surface area contributed by atoms with Crippen molar-refractivity contribution in [3.05, 3.63) is 29.8 Å². The van der Waals surface area contributed by atoms with Crippen LogP contribution in [0.1, 0.15) is 38.7 Å². The van der Waals surface area contributed by atoms with Crippen molar-refractivity contribution in [2.45, 2.75) is 63.7 Å². The van der Waals surface area contributed by atoms with E-state index >= 15 is 0 Å². The standard InChI is InChI=1S/C24H39N5O9S/c1-14(2)20(22(32)28-18(23(33)34)12-15-7-9-16(30)10-8-15)27-19(24(35)36)13-26-21(31)17(6-4-5-11-25)29-39(3,37)38/h7-10,14,17-20,27,29-30H,4-6,11-13,25H2,1-3H3,(H,26,31)(H,28,32)(H,33,34)(H,35,36)/t17-,18-,19?,20-/m0/s1. The fourth-order valence-corrected chi connectivity index (χ4v) is 4.40. The number of sulfonamides is 1. The van der Waals surface area contributed by atoms with E-state index in [1.165, 1.54) is 24.3 Å². The summed E-state index contributed by atoms with van der Waals surface area (Å²) in [6.45, 7) is 3.15. The Kier molecular flexibility index (Phi) is 13.8. The molecule has 2 amide bonds. The third-order valence-corrected chi connectivity index (χ3v) is 6.43. The molecule has 0 fully saturated rings. The number of amides is 2. The molecule has 15 heteroatoms. The second kappa shape index (κ2) is 16.0. The summed E-state index contributed by atoms with van der Waals surface area (Å²) in [5.74, 6) is -4.66. The van der Waals surface area contributed by atoms with Crippen LogP contribution in [0.3, 0.4) is 0 Å². The van der Waals surface area contributed by atoms with Gasteiger partial charge in [0.05, 0.1) is 12.3 Å². The van der Waals surface area contributed by atoms with Crippen molar-refractivity contribution in [1.29, 1.82) is 0 Å². The number of aromatic hydroxyl groups is 1. The Balaban J connectivity index is 2.93. The molecular weight excluding hydrogens is 534 g/mol. The lowest BCUT2D eigenvalue weighted by molar-refractivity contribution is -0.143. The highest BCUT2D eigenvalue weighted by molar-refractivity contribution is 7.88. The van der Waals surface area contributed by atoms with Gasteiger partial charge in [-0.1, -0.05) is 32.4 Å². The minimum atomic E-state index is -3.73. The summed E-state index contributed by atoms with van der Waals surface area (Å²) in [4.78, 5) is 49.4. The lowest BCUT2D eigenvalue weighted by atomic mass is 10.00. The maximum Gasteiger partial charge on any atom is 0.326 e. The van der Waals surface area contributed by atoms with Crippen molar-refractivity contribution in [3.8, 4) is 5.75 Å². The Bertz CT molecular complexity index is 1080. The van der Waals surface area contributed by atoms with Crippen molar-refractivity contribution in [3.63, 3.8) is 0 Å². The Hall–Kier alpha value is -3.27. The van der Waals surface area contributed by atoms with E-state index in [9.17, 15) is 42.9 Å². The highest BCUT2D eigenvalue weighted by Crippen LogP contribution is 2.12. The first-order chi connectivity index (χ1) is 18.1. The summed E-state index contributed by atoms with van der Waals surface area (Å²) >= 11 is 0. The lowest BCUT2D eigenvalue weighted by Crippen LogP contribution is -2.59. The van der Waals surface area contributed by atoms with E-state index < -0.39 is 70.4 Å². The van der Waals surface area contributed by atoms with E-state index in [2.05, 4.69) is 20.7 Å². The fraction of sp³-hybridized carbons (Fsp3) is 0.583. The number of carbonyl (C=O) groups excluding carboxylic acids is 2. The van der Waals surface area contributed by atoms with Crippen molar-refractivity contribution in [2.75, 3.05) is 19.3 Å². The molecule has 9 N–H and O–H groups in total. The number of carbonyl (C=O) groups is 4. The SMILES string of the molecule is CC(C)[C@H](NC(CNC(=O)[C@H](CCCCN)NS(C)(=O)=O)C(=O)O)C(=O)N[C@@H](Cc1ccc(O)cc1)C(=O)O. The highest BCUT2D eigenvalue weighted by atomic mass is 32.2. The van der Waals surface area contributed by atoms with Gasteiger partial charge in [0.15, 0.2) is 0 Å². The molecule has 0 spiro atoms. The summed E-state index contributed by atoms with van der Waals surface area (Å²) in [6.07, 6.45) is 1.99. The zero-order valence-electron chi connectivity index (χ0n) is 22.2. The molecule has 1 aromatic carbocycles. The monoisotopic (exact) mass is 573 g/mol. The summed E-state index contributed by atoms with van der Waals surface area (Å²) in [6, 6.07) is 0.741. The third kappa shape index (κ3) is 12.9. The van der Waals surface area contributed by atoms with Gasteiger partial charge in [-0.15, -0.1) is 0 Å². The third-order valence-electron chi connectivity index (χ3n) is 5.72. The molecule has 0 aromatic heterocycles. The first-order valence-corrected chi connectivity index (χ1v) is 14.3. The largest absolute Gasteiger partial charge is 0.508 e. The molecule has 4 atom stereocenters. The van der Waals surface area contributed by atoms with Crippen LogP contribution >= 0.6 is 0 Å². The van der Waals surface area contributed by atoms with Crippen LogP contribution < -0.4 is 26.4 Å². The van der Waals surface area contributed by atoms with Gasteiger partial charge < -0.3 is 31.7 Å². The van der Waals surface area contributed by atoms with Gasteiger partial charge in [-0.25, -0.2) is 17.9 Å². The average Bonchev–Trinajstić information content (AvgIpc) is 2.82. The molecule has 220 valence electrons. The van der Waals surface area contributed by atoms with Crippen LogP contribution in [0.2, 0.25) is 0 Å². The van der Waals surface area contributed by atoms with Crippen LogP contribution in [0.25, 0.3) is 0 Å². The number of nitrogens with two attached hydrogens (primary N) is 1. The molecule has 0 heterocycles. The molecule has 0 saturated heterocycles. The summed E-state index contributed by atoms with van der Waals surface area (Å²) in [5, 5.41) is 36.2. The van der Waals surface area contributed by atoms with Crippen molar-refractivity contribution in [2.24, 2.45) is 11.7 Å². The lowest BCUT2D eigenvalue weighted by Gasteiger charge is -2.27. The number of hydrogen-bond acceptors (Lipinski definition) is 9. The minimum Gasteiger partial charge on any atom is -0.508 e. The number of phenolic OH excluding ortho intramolecular Hbond substituents is 1. The maximum atomic E-state index is 13.0. The number of hydrogen-bond donors (Lipinski definition) is 8. The molecule has 0 radical (unpaired) electrons. The van der Waals surface area contributed by atoms with Gasteiger partial charge in [-0.2, -0.15) is 0 Å². The van der Waals surface area contributed by atoms with E-state index in [-0.39, 0.29) is 18.6 Å². The van der Waals surface area contributed by atoms with E-state index in [1.54, 1.807) is 13.8 Å². The van der Waals surface area contributed by atoms with Gasteiger partial charge >= 0.3 is 11.9 Å². The summed E-state index contributed by atoms with van der Waals surface area (Å²) in [5.41, 5.74) is 5.99. The van der Waals surface area contributed by atoms with Crippen LogP contribution in [0.15, 0.2) is 24.3 Å². The van der Waals surface area contributed by atoms with Gasteiger partial charge in [0, 0.05) is 13.0 Å². The Morgan fingerprint density at radius 1 is 0.923 bits per heavy atom. The highest BCUT2D eigenvalue weighted by Gasteiger charge is 2.32. The zero-order chi connectivity index (χ0) is 29.8. The maximum absolute atomic E-state index is 13.0. The number of carboxylic acids is 2. The van der Waals surface area contributed by atoms with Crippen LogP contribution in [-0.2, 0) is 35.6 Å². The second-order valence-corrected chi connectivity index (χ2v) is 11.3. The minimum absolute atomic E-state index is 0.000448. The molecule has 1 unspecified atom stereocenters. The number of phenols is 1. The van der Waals surface area contributed by atoms with Crippen LogP contribution in [-0.4, -0.2) is 91.0 Å². The molecule has 0 saturated carbocycles. The van der Waals surface area contributed by atoms with E-state index in [1.807, 2.05) is 0 Å². The fourth-order valence-electron chi connectivity index (χ4n) is 3.66. The number of aliphatic carboxylic acids is 2. The molecule has 0 bridgehead atoms. The number of rotatable bonds is 18. The van der Waals surface area contributed by atoms with Crippen molar-refractivity contribution in [1.82, 2.24) is 20.7 Å². The number of unbranched alkanes of at least 4 members (excludes halogenated alkanes) is 1. The number of nitrogens with one attached hydrogen (secondary N) is 4.